The number of nitrogens with one attached hydrogen (secondary N) is 1. The van der Waals surface area contributed by atoms with Gasteiger partial charge in [-0.1, -0.05) is 0 Å². The highest BCUT2D eigenvalue weighted by molar-refractivity contribution is 5.93. The van der Waals surface area contributed by atoms with E-state index in [9.17, 15) is 4.79 Å². The fourth-order valence-electron chi connectivity index (χ4n) is 1.64. The zero-order valence-corrected chi connectivity index (χ0v) is 9.86. The smallest absolute Gasteiger partial charge is 0.270 e. The lowest BCUT2D eigenvalue weighted by Crippen LogP contribution is -2.26. The standard InChI is InChI=1S/C12H15N3O2/c1-8-9(3-4-17-8)7-15(2)12(16)11-5-10(13)6-14-11/h3-6,14H,7,13H2,1-2H3. The molecular weight excluding hydrogens is 218 g/mol. The normalized spacial score (nSPS) is 10.5. The van der Waals surface area contributed by atoms with Gasteiger partial charge in [-0.3, -0.25) is 4.79 Å². The van der Waals surface area contributed by atoms with Crippen LogP contribution in [0.25, 0.3) is 0 Å². The molecule has 5 nitrogen and oxygen atoms in total. The molecule has 2 rings (SSSR count). The van der Waals surface area contributed by atoms with Crippen molar-refractivity contribution in [2.45, 2.75) is 13.5 Å². The van der Waals surface area contributed by atoms with Crippen LogP contribution in [0.1, 0.15) is 21.8 Å². The maximum absolute atomic E-state index is 12.0. The van der Waals surface area contributed by atoms with Gasteiger partial charge in [0, 0.05) is 31.0 Å². The van der Waals surface area contributed by atoms with Crippen molar-refractivity contribution < 1.29 is 9.21 Å². The predicted octanol–water partition coefficient (Wildman–Crippen LogP) is 1.77. The van der Waals surface area contributed by atoms with Crippen molar-refractivity contribution in [1.82, 2.24) is 9.88 Å². The topological polar surface area (TPSA) is 75.3 Å². The van der Waals surface area contributed by atoms with E-state index in [1.54, 1.807) is 30.5 Å². The summed E-state index contributed by atoms with van der Waals surface area (Å²) in [6.07, 6.45) is 3.22. The molecule has 0 saturated heterocycles. The number of carbonyl (C=O) groups is 1. The zero-order chi connectivity index (χ0) is 12.4. The lowest BCUT2D eigenvalue weighted by atomic mass is 10.2. The average molecular weight is 233 g/mol. The van der Waals surface area contributed by atoms with Gasteiger partial charge in [-0.05, 0) is 19.1 Å². The molecule has 0 fully saturated rings. The monoisotopic (exact) mass is 233 g/mol. The van der Waals surface area contributed by atoms with E-state index in [0.29, 0.717) is 17.9 Å². The Kier molecular flexibility index (Phi) is 2.91. The van der Waals surface area contributed by atoms with Crippen LogP contribution in [0.15, 0.2) is 29.0 Å². The van der Waals surface area contributed by atoms with E-state index < -0.39 is 0 Å². The molecule has 90 valence electrons. The van der Waals surface area contributed by atoms with Crippen LogP contribution in [0.5, 0.6) is 0 Å². The van der Waals surface area contributed by atoms with Gasteiger partial charge in [0.2, 0.25) is 0 Å². The number of amides is 1. The molecule has 0 radical (unpaired) electrons. The minimum atomic E-state index is -0.0951. The molecular formula is C12H15N3O2. The maximum Gasteiger partial charge on any atom is 0.270 e. The fourth-order valence-corrected chi connectivity index (χ4v) is 1.64. The van der Waals surface area contributed by atoms with Crippen LogP contribution >= 0.6 is 0 Å². The Hall–Kier alpha value is -2.17. The van der Waals surface area contributed by atoms with E-state index >= 15 is 0 Å². The fraction of sp³-hybridized carbons (Fsp3) is 0.250. The third-order valence-electron chi connectivity index (χ3n) is 2.66. The van der Waals surface area contributed by atoms with Gasteiger partial charge in [-0.15, -0.1) is 0 Å². The number of aromatic nitrogens is 1. The van der Waals surface area contributed by atoms with Crippen LogP contribution in [-0.4, -0.2) is 22.8 Å². The number of aromatic amines is 1. The SMILES string of the molecule is Cc1occc1CN(C)C(=O)c1cc(N)c[nH]1. The average Bonchev–Trinajstić information content (AvgIpc) is 2.88. The number of aryl methyl sites for hydroxylation is 1. The first kappa shape index (κ1) is 11.3. The van der Waals surface area contributed by atoms with Crippen LogP contribution < -0.4 is 5.73 Å². The summed E-state index contributed by atoms with van der Waals surface area (Å²) in [4.78, 5) is 16.5. The maximum atomic E-state index is 12.0. The minimum Gasteiger partial charge on any atom is -0.469 e. The van der Waals surface area contributed by atoms with Gasteiger partial charge < -0.3 is 20.0 Å². The number of H-pyrrole nitrogens is 1. The lowest BCUT2D eigenvalue weighted by molar-refractivity contribution is 0.0779. The summed E-state index contributed by atoms with van der Waals surface area (Å²) >= 11 is 0. The highest BCUT2D eigenvalue weighted by Gasteiger charge is 2.15. The Morgan fingerprint density at radius 2 is 2.35 bits per heavy atom. The van der Waals surface area contributed by atoms with Crippen molar-refractivity contribution in [3.63, 3.8) is 0 Å². The molecule has 0 unspecified atom stereocenters. The van der Waals surface area contributed by atoms with Gasteiger partial charge >= 0.3 is 0 Å². The van der Waals surface area contributed by atoms with E-state index in [0.717, 1.165) is 11.3 Å². The van der Waals surface area contributed by atoms with Crippen LogP contribution in [0, 0.1) is 6.92 Å². The lowest BCUT2D eigenvalue weighted by Gasteiger charge is -2.15. The first-order valence-electron chi connectivity index (χ1n) is 5.30. The summed E-state index contributed by atoms with van der Waals surface area (Å²) in [7, 11) is 1.74. The molecule has 2 aromatic rings. The van der Waals surface area contributed by atoms with Gasteiger partial charge in [-0.2, -0.15) is 0 Å². The molecule has 0 bridgehead atoms. The summed E-state index contributed by atoms with van der Waals surface area (Å²) < 4.78 is 5.19. The van der Waals surface area contributed by atoms with Crippen molar-refractivity contribution in [2.24, 2.45) is 0 Å². The molecule has 0 aliphatic rings. The molecule has 2 aromatic heterocycles. The quantitative estimate of drug-likeness (QED) is 0.848. The zero-order valence-electron chi connectivity index (χ0n) is 9.86. The largest absolute Gasteiger partial charge is 0.469 e. The molecule has 2 heterocycles. The third-order valence-corrected chi connectivity index (χ3v) is 2.66. The van der Waals surface area contributed by atoms with Crippen molar-refractivity contribution in [2.75, 3.05) is 12.8 Å². The first-order chi connectivity index (χ1) is 8.08. The Bertz CT molecular complexity index is 527. The second-order valence-corrected chi connectivity index (χ2v) is 4.01. The van der Waals surface area contributed by atoms with Crippen molar-refractivity contribution >= 4 is 11.6 Å². The Labute approximate surface area is 99.2 Å². The molecule has 0 aromatic carbocycles. The molecule has 5 heteroatoms. The number of nitrogen functional groups attached to an aromatic ring is 1. The third kappa shape index (κ3) is 2.33. The van der Waals surface area contributed by atoms with Crippen LogP contribution in [0.2, 0.25) is 0 Å². The van der Waals surface area contributed by atoms with E-state index in [-0.39, 0.29) is 5.91 Å². The minimum absolute atomic E-state index is 0.0951. The Balaban J connectivity index is 2.08. The molecule has 0 spiro atoms. The van der Waals surface area contributed by atoms with Gasteiger partial charge in [-0.25, -0.2) is 0 Å². The Morgan fingerprint density at radius 3 is 2.88 bits per heavy atom. The van der Waals surface area contributed by atoms with Crippen LogP contribution in [-0.2, 0) is 6.54 Å². The van der Waals surface area contributed by atoms with Gasteiger partial charge in [0.05, 0.1) is 6.26 Å². The number of anilines is 1. The molecule has 1 amide bonds. The number of nitrogens with two attached hydrogens (primary N) is 1. The van der Waals surface area contributed by atoms with Crippen LogP contribution in [0.3, 0.4) is 0 Å². The highest BCUT2D eigenvalue weighted by Crippen LogP contribution is 2.13. The second kappa shape index (κ2) is 4.37. The number of hydrogen-bond acceptors (Lipinski definition) is 3. The van der Waals surface area contributed by atoms with Crippen molar-refractivity contribution in [3.8, 4) is 0 Å². The first-order valence-corrected chi connectivity index (χ1v) is 5.30. The number of rotatable bonds is 3. The molecule has 0 aliphatic heterocycles. The summed E-state index contributed by atoms with van der Waals surface area (Å²) in [6.45, 7) is 2.39. The van der Waals surface area contributed by atoms with Crippen LogP contribution in [0.4, 0.5) is 5.69 Å². The van der Waals surface area contributed by atoms with E-state index in [1.165, 1.54) is 0 Å². The number of furan rings is 1. The number of nitrogens with zero attached hydrogens (tertiary/aromatic N) is 1. The number of hydrogen-bond donors (Lipinski definition) is 2. The van der Waals surface area contributed by atoms with Crippen molar-refractivity contribution in [1.29, 1.82) is 0 Å². The van der Waals surface area contributed by atoms with Gasteiger partial charge in [0.15, 0.2) is 0 Å². The number of carbonyl (C=O) groups excluding carboxylic acids is 1. The van der Waals surface area contributed by atoms with E-state index in [2.05, 4.69) is 4.98 Å². The molecule has 0 saturated carbocycles. The van der Waals surface area contributed by atoms with Crippen molar-refractivity contribution in [3.05, 3.63) is 41.6 Å². The van der Waals surface area contributed by atoms with Gasteiger partial charge in [0.25, 0.3) is 5.91 Å². The molecule has 0 atom stereocenters. The highest BCUT2D eigenvalue weighted by atomic mass is 16.3. The van der Waals surface area contributed by atoms with E-state index in [4.69, 9.17) is 10.2 Å². The summed E-state index contributed by atoms with van der Waals surface area (Å²) in [5, 5.41) is 0. The summed E-state index contributed by atoms with van der Waals surface area (Å²) in [6, 6.07) is 3.49. The summed E-state index contributed by atoms with van der Waals surface area (Å²) in [5.74, 6) is 0.734. The Morgan fingerprint density at radius 1 is 1.59 bits per heavy atom. The summed E-state index contributed by atoms with van der Waals surface area (Å²) in [5.41, 5.74) is 7.61. The molecule has 3 N–H and O–H groups in total. The van der Waals surface area contributed by atoms with E-state index in [1.807, 2.05) is 13.0 Å². The predicted molar refractivity (Wildman–Crippen MR) is 64.4 cm³/mol. The molecule has 17 heavy (non-hydrogen) atoms. The molecule has 0 aliphatic carbocycles. The second-order valence-electron chi connectivity index (χ2n) is 4.01. The van der Waals surface area contributed by atoms with Gasteiger partial charge in [0.1, 0.15) is 11.5 Å².